The van der Waals surface area contributed by atoms with Crippen LogP contribution in [0.5, 0.6) is 0 Å². The zero-order valence-electron chi connectivity index (χ0n) is 12.0. The molecule has 0 bridgehead atoms. The highest BCUT2D eigenvalue weighted by molar-refractivity contribution is 5.83. The molecular weight excluding hydrogens is 266 g/mol. The van der Waals surface area contributed by atoms with Crippen molar-refractivity contribution in [3.8, 4) is 6.07 Å². The number of fused-ring (bicyclic) bond motifs is 1. The summed E-state index contributed by atoms with van der Waals surface area (Å²) >= 11 is 0. The van der Waals surface area contributed by atoms with Crippen molar-refractivity contribution in [2.75, 3.05) is 11.9 Å². The normalized spacial score (nSPS) is 12.1. The molecule has 2 N–H and O–H groups in total. The molecule has 0 aliphatic heterocycles. The maximum Gasteiger partial charge on any atom is 0.308 e. The van der Waals surface area contributed by atoms with Gasteiger partial charge in [0.2, 0.25) is 0 Å². The van der Waals surface area contributed by atoms with Crippen molar-refractivity contribution < 1.29 is 9.90 Å². The second kappa shape index (κ2) is 6.23. The van der Waals surface area contributed by atoms with Crippen LogP contribution in [0, 0.1) is 23.2 Å². The summed E-state index contributed by atoms with van der Waals surface area (Å²) in [6, 6.07) is 11.4. The van der Waals surface area contributed by atoms with Crippen LogP contribution >= 0.6 is 0 Å². The molecular formula is C16H17N3O2. The van der Waals surface area contributed by atoms with E-state index in [1.165, 1.54) is 0 Å². The number of hydrogen-bond acceptors (Lipinski definition) is 4. The highest BCUT2D eigenvalue weighted by Gasteiger charge is 2.21. The number of aliphatic carboxylic acids is 1. The van der Waals surface area contributed by atoms with Crippen LogP contribution in [0.2, 0.25) is 0 Å². The van der Waals surface area contributed by atoms with Crippen molar-refractivity contribution in [3.63, 3.8) is 0 Å². The van der Waals surface area contributed by atoms with Crippen molar-refractivity contribution in [2.45, 2.75) is 13.8 Å². The van der Waals surface area contributed by atoms with Gasteiger partial charge in [-0.3, -0.25) is 4.79 Å². The lowest BCUT2D eigenvalue weighted by molar-refractivity contribution is -0.142. The van der Waals surface area contributed by atoms with Gasteiger partial charge >= 0.3 is 5.97 Å². The van der Waals surface area contributed by atoms with Gasteiger partial charge in [0, 0.05) is 11.9 Å². The van der Waals surface area contributed by atoms with Crippen molar-refractivity contribution in [3.05, 3.63) is 35.9 Å². The van der Waals surface area contributed by atoms with Gasteiger partial charge in [-0.05, 0) is 18.1 Å². The lowest BCUT2D eigenvalue weighted by Crippen LogP contribution is -2.28. The first-order valence-electron chi connectivity index (χ1n) is 6.79. The van der Waals surface area contributed by atoms with Crippen molar-refractivity contribution in [1.82, 2.24) is 4.98 Å². The highest BCUT2D eigenvalue weighted by Crippen LogP contribution is 2.21. The predicted octanol–water partition coefficient (Wildman–Crippen LogP) is 2.88. The molecule has 0 radical (unpaired) electrons. The Balaban J connectivity index is 2.29. The first-order valence-corrected chi connectivity index (χ1v) is 6.79. The average Bonchev–Trinajstić information content (AvgIpc) is 2.45. The molecule has 1 heterocycles. The first-order chi connectivity index (χ1) is 10.0. The van der Waals surface area contributed by atoms with E-state index in [1.807, 2.05) is 38.1 Å². The van der Waals surface area contributed by atoms with Crippen LogP contribution in [-0.2, 0) is 4.79 Å². The van der Waals surface area contributed by atoms with Gasteiger partial charge in [0.1, 0.15) is 11.9 Å². The van der Waals surface area contributed by atoms with Crippen LogP contribution in [-0.4, -0.2) is 22.6 Å². The van der Waals surface area contributed by atoms with Gasteiger partial charge in [-0.15, -0.1) is 0 Å². The molecule has 2 rings (SSSR count). The van der Waals surface area contributed by atoms with Crippen molar-refractivity contribution in [1.29, 1.82) is 5.26 Å². The number of anilines is 1. The Kier molecular flexibility index (Phi) is 4.39. The standard InChI is InChI=1S/C16H17N3O2/c1-10(2)13(16(20)21)9-18-15-12(8-17)7-11-5-3-4-6-14(11)19-15/h3-7,10,13H,9H2,1-2H3,(H,18,19)(H,20,21). The number of carbonyl (C=O) groups is 1. The number of aromatic nitrogens is 1. The predicted molar refractivity (Wildman–Crippen MR) is 80.9 cm³/mol. The Hall–Kier alpha value is -2.61. The molecule has 0 aliphatic carbocycles. The van der Waals surface area contributed by atoms with Crippen LogP contribution in [0.15, 0.2) is 30.3 Å². The SMILES string of the molecule is CC(C)C(CNc1nc2ccccc2cc1C#N)C(=O)O. The minimum atomic E-state index is -0.850. The molecule has 0 amide bonds. The Bertz CT molecular complexity index is 704. The van der Waals surface area contributed by atoms with Gasteiger partial charge in [0.25, 0.3) is 0 Å². The minimum absolute atomic E-state index is 0.000919. The summed E-state index contributed by atoms with van der Waals surface area (Å²) in [6.07, 6.45) is 0. The molecule has 108 valence electrons. The lowest BCUT2D eigenvalue weighted by Gasteiger charge is -2.17. The van der Waals surface area contributed by atoms with Crippen LogP contribution in [0.25, 0.3) is 10.9 Å². The number of carboxylic acids is 1. The Morgan fingerprint density at radius 1 is 1.43 bits per heavy atom. The third-order valence-corrected chi connectivity index (χ3v) is 3.46. The molecule has 5 nitrogen and oxygen atoms in total. The molecule has 1 aromatic heterocycles. The number of nitriles is 1. The summed E-state index contributed by atoms with van der Waals surface area (Å²) in [5.41, 5.74) is 1.19. The number of rotatable bonds is 5. The minimum Gasteiger partial charge on any atom is -0.481 e. The number of para-hydroxylation sites is 1. The fourth-order valence-electron chi connectivity index (χ4n) is 2.15. The smallest absolute Gasteiger partial charge is 0.308 e. The molecule has 0 saturated heterocycles. The zero-order valence-corrected chi connectivity index (χ0v) is 12.0. The molecule has 21 heavy (non-hydrogen) atoms. The number of carboxylic acid groups (broad SMARTS) is 1. The molecule has 1 atom stereocenters. The Morgan fingerprint density at radius 3 is 2.76 bits per heavy atom. The topological polar surface area (TPSA) is 86.0 Å². The average molecular weight is 283 g/mol. The third-order valence-electron chi connectivity index (χ3n) is 3.46. The van der Waals surface area contributed by atoms with Gasteiger partial charge < -0.3 is 10.4 Å². The number of nitrogens with zero attached hydrogens (tertiary/aromatic N) is 2. The fourth-order valence-corrected chi connectivity index (χ4v) is 2.15. The van der Waals surface area contributed by atoms with E-state index in [4.69, 9.17) is 0 Å². The molecule has 0 saturated carbocycles. The van der Waals surface area contributed by atoms with E-state index in [2.05, 4.69) is 16.4 Å². The summed E-state index contributed by atoms with van der Waals surface area (Å²) in [5, 5.41) is 22.3. The zero-order chi connectivity index (χ0) is 15.4. The lowest BCUT2D eigenvalue weighted by atomic mass is 9.96. The molecule has 1 aromatic carbocycles. The highest BCUT2D eigenvalue weighted by atomic mass is 16.4. The summed E-state index contributed by atoms with van der Waals surface area (Å²) in [5.74, 6) is -0.939. The van der Waals surface area contributed by atoms with Crippen molar-refractivity contribution >= 4 is 22.7 Å². The van der Waals surface area contributed by atoms with Gasteiger partial charge in [0.15, 0.2) is 0 Å². The van der Waals surface area contributed by atoms with E-state index < -0.39 is 11.9 Å². The Labute approximate surface area is 123 Å². The van der Waals surface area contributed by atoms with Gasteiger partial charge in [-0.1, -0.05) is 32.0 Å². The quantitative estimate of drug-likeness (QED) is 0.881. The summed E-state index contributed by atoms with van der Waals surface area (Å²) in [7, 11) is 0. The van der Waals surface area contributed by atoms with Crippen LogP contribution in [0.3, 0.4) is 0 Å². The molecule has 0 spiro atoms. The summed E-state index contributed by atoms with van der Waals surface area (Å²) < 4.78 is 0. The van der Waals surface area contributed by atoms with Crippen LogP contribution in [0.1, 0.15) is 19.4 Å². The molecule has 0 fully saturated rings. The second-order valence-electron chi connectivity index (χ2n) is 5.26. The second-order valence-corrected chi connectivity index (χ2v) is 5.26. The number of hydrogen-bond donors (Lipinski definition) is 2. The van der Waals surface area contributed by atoms with E-state index >= 15 is 0 Å². The van der Waals surface area contributed by atoms with E-state index in [1.54, 1.807) is 6.07 Å². The molecule has 1 unspecified atom stereocenters. The van der Waals surface area contributed by atoms with E-state index in [9.17, 15) is 15.2 Å². The summed E-state index contributed by atoms with van der Waals surface area (Å²) in [6.45, 7) is 3.96. The maximum atomic E-state index is 11.2. The first kappa shape index (κ1) is 14.8. The maximum absolute atomic E-state index is 11.2. The van der Waals surface area contributed by atoms with E-state index in [0.717, 1.165) is 10.9 Å². The monoisotopic (exact) mass is 283 g/mol. The number of pyridine rings is 1. The Morgan fingerprint density at radius 2 is 2.14 bits per heavy atom. The van der Waals surface area contributed by atoms with Crippen molar-refractivity contribution in [2.24, 2.45) is 11.8 Å². The van der Waals surface area contributed by atoms with E-state index in [-0.39, 0.29) is 12.5 Å². The summed E-state index contributed by atoms with van der Waals surface area (Å²) in [4.78, 5) is 15.6. The van der Waals surface area contributed by atoms with Crippen LogP contribution in [0.4, 0.5) is 5.82 Å². The largest absolute Gasteiger partial charge is 0.481 e. The van der Waals surface area contributed by atoms with Crippen LogP contribution < -0.4 is 5.32 Å². The molecule has 0 aliphatic rings. The number of nitrogens with one attached hydrogen (secondary N) is 1. The van der Waals surface area contributed by atoms with Gasteiger partial charge in [-0.2, -0.15) is 5.26 Å². The molecule has 2 aromatic rings. The number of benzene rings is 1. The third kappa shape index (κ3) is 3.29. The molecule has 5 heteroatoms. The van der Waals surface area contributed by atoms with Gasteiger partial charge in [-0.25, -0.2) is 4.98 Å². The van der Waals surface area contributed by atoms with Gasteiger partial charge in [0.05, 0.1) is 17.0 Å². The van der Waals surface area contributed by atoms with E-state index in [0.29, 0.717) is 11.4 Å². The fraction of sp³-hybridized carbons (Fsp3) is 0.312.